The number of nitrogens with one attached hydrogen (secondary N) is 1. The fraction of sp³-hybridized carbons (Fsp3) is 0.231. The zero-order valence-electron chi connectivity index (χ0n) is 10.4. The Morgan fingerprint density at radius 3 is 2.74 bits per heavy atom. The van der Waals surface area contributed by atoms with Crippen LogP contribution in [-0.4, -0.2) is 28.7 Å². The number of hydrogen-bond donors (Lipinski definition) is 2. The van der Waals surface area contributed by atoms with Gasteiger partial charge in [-0.2, -0.15) is 4.98 Å². The predicted molar refractivity (Wildman–Crippen MR) is 76.6 cm³/mol. The number of nitrogens with zero attached hydrogens (tertiary/aromatic N) is 2. The Morgan fingerprint density at radius 1 is 1.32 bits per heavy atom. The van der Waals surface area contributed by atoms with Gasteiger partial charge in [0.2, 0.25) is 11.8 Å². The molecule has 0 aliphatic heterocycles. The van der Waals surface area contributed by atoms with Gasteiger partial charge >= 0.3 is 0 Å². The minimum Gasteiger partial charge on any atom is -0.508 e. The van der Waals surface area contributed by atoms with Crippen molar-refractivity contribution >= 4 is 21.9 Å². The first-order valence-corrected chi connectivity index (χ1v) is 6.56. The van der Waals surface area contributed by atoms with Crippen molar-refractivity contribution < 1.29 is 9.84 Å². The van der Waals surface area contributed by atoms with Crippen molar-refractivity contribution in [1.29, 1.82) is 0 Å². The molecule has 0 spiro atoms. The molecular weight excluding hydrogens is 310 g/mol. The van der Waals surface area contributed by atoms with Crippen LogP contribution in [0.1, 0.15) is 5.56 Å². The summed E-state index contributed by atoms with van der Waals surface area (Å²) in [6.07, 6.45) is 2.47. The van der Waals surface area contributed by atoms with Gasteiger partial charge < -0.3 is 15.2 Å². The maximum absolute atomic E-state index is 9.19. The van der Waals surface area contributed by atoms with Crippen LogP contribution in [-0.2, 0) is 6.42 Å². The van der Waals surface area contributed by atoms with Crippen LogP contribution < -0.4 is 10.1 Å². The first-order chi connectivity index (χ1) is 9.19. The van der Waals surface area contributed by atoms with Crippen molar-refractivity contribution in [3.05, 3.63) is 40.5 Å². The summed E-state index contributed by atoms with van der Waals surface area (Å²) in [6, 6.07) is 7.13. The Labute approximate surface area is 119 Å². The number of anilines is 1. The number of aromatic nitrogens is 2. The molecule has 0 radical (unpaired) electrons. The molecule has 0 amide bonds. The number of halogens is 1. The second-order valence-electron chi connectivity index (χ2n) is 3.89. The number of rotatable bonds is 5. The zero-order valence-corrected chi connectivity index (χ0v) is 12.0. The van der Waals surface area contributed by atoms with E-state index in [9.17, 15) is 5.11 Å². The average molecular weight is 324 g/mol. The molecule has 0 aliphatic carbocycles. The minimum atomic E-state index is 0.276. The molecule has 0 atom stereocenters. The molecule has 100 valence electrons. The first-order valence-electron chi connectivity index (χ1n) is 5.77. The van der Waals surface area contributed by atoms with Gasteiger partial charge in [0.1, 0.15) is 5.75 Å². The van der Waals surface area contributed by atoms with Crippen LogP contribution in [0.5, 0.6) is 11.6 Å². The minimum absolute atomic E-state index is 0.276. The van der Waals surface area contributed by atoms with Crippen LogP contribution in [0.15, 0.2) is 34.9 Å². The topological polar surface area (TPSA) is 67.3 Å². The summed E-state index contributed by atoms with van der Waals surface area (Å²) in [5.41, 5.74) is 1.13. The molecule has 0 saturated carbocycles. The molecule has 1 aromatic carbocycles. The largest absolute Gasteiger partial charge is 0.508 e. The number of phenols is 1. The highest BCUT2D eigenvalue weighted by Crippen LogP contribution is 2.21. The summed E-state index contributed by atoms with van der Waals surface area (Å²) in [6.45, 7) is 0.704. The smallest absolute Gasteiger partial charge is 0.232 e. The van der Waals surface area contributed by atoms with Gasteiger partial charge in [0.05, 0.1) is 17.8 Å². The van der Waals surface area contributed by atoms with Crippen molar-refractivity contribution in [3.63, 3.8) is 0 Å². The van der Waals surface area contributed by atoms with E-state index in [2.05, 4.69) is 31.2 Å². The van der Waals surface area contributed by atoms with Gasteiger partial charge in [-0.25, -0.2) is 4.98 Å². The zero-order chi connectivity index (χ0) is 13.7. The van der Waals surface area contributed by atoms with Crippen molar-refractivity contribution in [2.45, 2.75) is 6.42 Å². The van der Waals surface area contributed by atoms with Crippen LogP contribution in [0.2, 0.25) is 0 Å². The number of hydrogen-bond acceptors (Lipinski definition) is 5. The summed E-state index contributed by atoms with van der Waals surface area (Å²) >= 11 is 3.30. The summed E-state index contributed by atoms with van der Waals surface area (Å²) in [5, 5.41) is 12.3. The third kappa shape index (κ3) is 3.82. The Kier molecular flexibility index (Phi) is 4.57. The molecule has 5 nitrogen and oxygen atoms in total. The number of methoxy groups -OCH3 is 1. The molecule has 1 heterocycles. The fourth-order valence-corrected chi connectivity index (χ4v) is 1.91. The van der Waals surface area contributed by atoms with Crippen LogP contribution in [0.3, 0.4) is 0 Å². The molecule has 6 heteroatoms. The summed E-state index contributed by atoms with van der Waals surface area (Å²) < 4.78 is 5.82. The van der Waals surface area contributed by atoms with Crippen molar-refractivity contribution in [2.75, 3.05) is 19.0 Å². The number of phenolic OH excluding ortho intramolecular Hbond substituents is 1. The quantitative estimate of drug-likeness (QED) is 0.885. The molecule has 2 aromatic rings. The first kappa shape index (κ1) is 13.6. The molecule has 19 heavy (non-hydrogen) atoms. The molecule has 0 bridgehead atoms. The van der Waals surface area contributed by atoms with Gasteiger partial charge in [-0.3, -0.25) is 0 Å². The highest BCUT2D eigenvalue weighted by Gasteiger charge is 2.04. The molecule has 1 aromatic heterocycles. The van der Waals surface area contributed by atoms with Crippen LogP contribution in [0.25, 0.3) is 0 Å². The third-order valence-electron chi connectivity index (χ3n) is 2.54. The van der Waals surface area contributed by atoms with E-state index in [0.717, 1.165) is 16.5 Å². The third-order valence-corrected chi connectivity index (χ3v) is 3.08. The molecule has 0 aliphatic rings. The fourth-order valence-electron chi connectivity index (χ4n) is 1.56. The van der Waals surface area contributed by atoms with Gasteiger partial charge in [-0.1, -0.05) is 12.1 Å². The highest BCUT2D eigenvalue weighted by atomic mass is 79.9. The molecular formula is C13H14BrN3O2. The maximum Gasteiger partial charge on any atom is 0.232 e. The van der Waals surface area contributed by atoms with Crippen molar-refractivity contribution in [1.82, 2.24) is 9.97 Å². The van der Waals surface area contributed by atoms with Crippen LogP contribution in [0.4, 0.5) is 5.95 Å². The lowest BCUT2D eigenvalue weighted by Gasteiger charge is -2.07. The molecule has 2 N–H and O–H groups in total. The second-order valence-corrected chi connectivity index (χ2v) is 4.75. The predicted octanol–water partition coefficient (Wildman–Crippen LogP) is 2.61. The summed E-state index contributed by atoms with van der Waals surface area (Å²) in [4.78, 5) is 8.35. The van der Waals surface area contributed by atoms with Crippen LogP contribution >= 0.6 is 15.9 Å². The lowest BCUT2D eigenvalue weighted by molar-refractivity contribution is 0.394. The van der Waals surface area contributed by atoms with Gasteiger partial charge in [-0.15, -0.1) is 0 Å². The number of benzene rings is 1. The van der Waals surface area contributed by atoms with Gasteiger partial charge in [0.25, 0.3) is 0 Å². The second kappa shape index (κ2) is 6.38. The van der Waals surface area contributed by atoms with Crippen LogP contribution in [0, 0.1) is 0 Å². The van der Waals surface area contributed by atoms with E-state index in [0.29, 0.717) is 18.4 Å². The molecule has 2 rings (SSSR count). The SMILES string of the molecule is COc1nc(NCCc2ccc(O)cc2)ncc1Br. The van der Waals surface area contributed by atoms with E-state index < -0.39 is 0 Å². The molecule has 0 saturated heterocycles. The lowest BCUT2D eigenvalue weighted by Crippen LogP contribution is -2.08. The van der Waals surface area contributed by atoms with Gasteiger partial charge in [0, 0.05) is 6.54 Å². The van der Waals surface area contributed by atoms with E-state index in [1.54, 1.807) is 25.4 Å². The summed E-state index contributed by atoms with van der Waals surface area (Å²) in [5.74, 6) is 1.30. The standard InChI is InChI=1S/C13H14BrN3O2/c1-19-12-11(14)8-16-13(17-12)15-7-6-9-2-4-10(18)5-3-9/h2-5,8,18H,6-7H2,1H3,(H,15,16,17). The molecule has 0 fully saturated rings. The van der Waals surface area contributed by atoms with Gasteiger partial charge in [-0.05, 0) is 40.0 Å². The van der Waals surface area contributed by atoms with Crippen molar-refractivity contribution in [3.8, 4) is 11.6 Å². The van der Waals surface area contributed by atoms with E-state index >= 15 is 0 Å². The maximum atomic E-state index is 9.19. The van der Waals surface area contributed by atoms with Gasteiger partial charge in [0.15, 0.2) is 0 Å². The summed E-state index contributed by atoms with van der Waals surface area (Å²) in [7, 11) is 1.56. The van der Waals surface area contributed by atoms with E-state index in [-0.39, 0.29) is 5.75 Å². The average Bonchev–Trinajstić information content (AvgIpc) is 2.43. The van der Waals surface area contributed by atoms with Crippen molar-refractivity contribution in [2.24, 2.45) is 0 Å². The molecule has 0 unspecified atom stereocenters. The number of aromatic hydroxyl groups is 1. The monoisotopic (exact) mass is 323 g/mol. The van der Waals surface area contributed by atoms with E-state index in [4.69, 9.17) is 4.74 Å². The Balaban J connectivity index is 1.90. The Bertz CT molecular complexity index is 546. The van der Waals surface area contributed by atoms with E-state index in [1.165, 1.54) is 0 Å². The number of ether oxygens (including phenoxy) is 1. The Morgan fingerprint density at radius 2 is 2.05 bits per heavy atom. The Hall–Kier alpha value is -1.82. The normalized spacial score (nSPS) is 10.2. The van der Waals surface area contributed by atoms with E-state index in [1.807, 2.05) is 12.1 Å². The highest BCUT2D eigenvalue weighted by molar-refractivity contribution is 9.10. The lowest BCUT2D eigenvalue weighted by atomic mass is 10.1.